The summed E-state index contributed by atoms with van der Waals surface area (Å²) in [6.45, 7) is 0.672. The van der Waals surface area contributed by atoms with Crippen molar-refractivity contribution in [2.45, 2.75) is 18.6 Å². The first kappa shape index (κ1) is 14.8. The number of rotatable bonds is 4. The number of nitrogen functional groups attached to an aromatic ring is 1. The molecule has 0 spiro atoms. The van der Waals surface area contributed by atoms with E-state index in [4.69, 9.17) is 11.5 Å². The first-order chi connectivity index (χ1) is 9.40. The van der Waals surface area contributed by atoms with Gasteiger partial charge in [0.05, 0.1) is 5.75 Å². The Morgan fingerprint density at radius 3 is 2.40 bits per heavy atom. The number of piperidine rings is 1. The molecular formula is C13H19N3O3S. The molecule has 4 N–H and O–H groups in total. The molecule has 1 amide bonds. The molecular weight excluding hydrogens is 278 g/mol. The van der Waals surface area contributed by atoms with Gasteiger partial charge in [-0.1, -0.05) is 18.2 Å². The highest BCUT2D eigenvalue weighted by atomic mass is 32.2. The number of benzene rings is 1. The van der Waals surface area contributed by atoms with Crippen molar-refractivity contribution in [2.75, 3.05) is 18.8 Å². The van der Waals surface area contributed by atoms with Gasteiger partial charge in [0.2, 0.25) is 15.9 Å². The van der Waals surface area contributed by atoms with E-state index in [0.717, 1.165) is 0 Å². The van der Waals surface area contributed by atoms with E-state index in [-0.39, 0.29) is 17.6 Å². The smallest absolute Gasteiger partial charge is 0.220 e. The van der Waals surface area contributed by atoms with Crippen LogP contribution in [-0.4, -0.2) is 31.7 Å². The fourth-order valence-corrected chi connectivity index (χ4v) is 3.98. The molecule has 0 saturated carbocycles. The minimum absolute atomic E-state index is 0.110. The van der Waals surface area contributed by atoms with Crippen LogP contribution < -0.4 is 11.5 Å². The number of para-hydroxylation sites is 1. The van der Waals surface area contributed by atoms with E-state index < -0.39 is 10.0 Å². The highest BCUT2D eigenvalue weighted by Gasteiger charge is 2.30. The fourth-order valence-electron chi connectivity index (χ4n) is 2.37. The predicted octanol–water partition coefficient (Wildman–Crippen LogP) is 0.296. The molecule has 1 fully saturated rings. The van der Waals surface area contributed by atoms with E-state index in [1.54, 1.807) is 24.3 Å². The molecule has 1 aromatic rings. The Labute approximate surface area is 118 Å². The summed E-state index contributed by atoms with van der Waals surface area (Å²) in [6.07, 6.45) is 0.970. The summed E-state index contributed by atoms with van der Waals surface area (Å²) in [7, 11) is -3.41. The second-order valence-electron chi connectivity index (χ2n) is 5.03. The summed E-state index contributed by atoms with van der Waals surface area (Å²) in [5, 5.41) is 0. The minimum Gasteiger partial charge on any atom is -0.398 e. The number of amides is 1. The lowest BCUT2D eigenvalue weighted by atomic mass is 9.98. The van der Waals surface area contributed by atoms with Crippen molar-refractivity contribution in [1.29, 1.82) is 0 Å². The molecule has 0 radical (unpaired) electrons. The number of carbonyl (C=O) groups excluding carboxylic acids is 1. The molecule has 1 aliphatic heterocycles. The van der Waals surface area contributed by atoms with Gasteiger partial charge in [0.25, 0.3) is 0 Å². The Balaban J connectivity index is 2.05. The van der Waals surface area contributed by atoms with Crippen LogP contribution in [0.1, 0.15) is 18.4 Å². The van der Waals surface area contributed by atoms with Gasteiger partial charge in [-0.15, -0.1) is 0 Å². The van der Waals surface area contributed by atoms with Crippen LogP contribution in [0.2, 0.25) is 0 Å². The highest BCUT2D eigenvalue weighted by Crippen LogP contribution is 2.22. The first-order valence-electron chi connectivity index (χ1n) is 6.50. The zero-order valence-electron chi connectivity index (χ0n) is 11.2. The maximum atomic E-state index is 12.3. The molecule has 0 unspecified atom stereocenters. The number of nitrogens with zero attached hydrogens (tertiary/aromatic N) is 1. The van der Waals surface area contributed by atoms with Crippen LogP contribution in [0, 0.1) is 5.92 Å². The monoisotopic (exact) mass is 297 g/mol. The van der Waals surface area contributed by atoms with Crippen LogP contribution in [0.4, 0.5) is 5.69 Å². The van der Waals surface area contributed by atoms with Gasteiger partial charge >= 0.3 is 0 Å². The molecule has 2 rings (SSSR count). The van der Waals surface area contributed by atoms with Gasteiger partial charge in [0, 0.05) is 24.7 Å². The summed E-state index contributed by atoms with van der Waals surface area (Å²) in [5.41, 5.74) is 12.1. The minimum atomic E-state index is -3.41. The fraction of sp³-hybridized carbons (Fsp3) is 0.462. The molecule has 0 atom stereocenters. The third kappa shape index (κ3) is 3.29. The van der Waals surface area contributed by atoms with Gasteiger partial charge in [0.1, 0.15) is 0 Å². The van der Waals surface area contributed by atoms with Crippen molar-refractivity contribution < 1.29 is 13.2 Å². The molecule has 0 aromatic heterocycles. The predicted molar refractivity (Wildman–Crippen MR) is 77.0 cm³/mol. The highest BCUT2D eigenvalue weighted by molar-refractivity contribution is 7.88. The van der Waals surface area contributed by atoms with Crippen molar-refractivity contribution in [3.05, 3.63) is 29.8 Å². The lowest BCUT2D eigenvalue weighted by molar-refractivity contribution is -0.122. The van der Waals surface area contributed by atoms with Gasteiger partial charge in [-0.25, -0.2) is 12.7 Å². The van der Waals surface area contributed by atoms with Gasteiger partial charge < -0.3 is 11.5 Å². The van der Waals surface area contributed by atoms with Crippen molar-refractivity contribution >= 4 is 21.6 Å². The number of anilines is 1. The standard InChI is InChI=1S/C13H19N3O3S/c14-12-4-2-1-3-11(12)9-20(18,19)16-7-5-10(6-8-16)13(15)17/h1-4,10H,5-9,14H2,(H2,15,17). The second kappa shape index (κ2) is 5.80. The third-order valence-electron chi connectivity index (χ3n) is 3.64. The molecule has 1 heterocycles. The van der Waals surface area contributed by atoms with Gasteiger partial charge in [-0.3, -0.25) is 4.79 Å². The van der Waals surface area contributed by atoms with Crippen molar-refractivity contribution in [3.8, 4) is 0 Å². The topological polar surface area (TPSA) is 106 Å². The Kier molecular flexibility index (Phi) is 4.29. The Hall–Kier alpha value is -1.60. The largest absolute Gasteiger partial charge is 0.398 e. The van der Waals surface area contributed by atoms with Crippen LogP contribution in [0.15, 0.2) is 24.3 Å². The lowest BCUT2D eigenvalue weighted by Crippen LogP contribution is -2.42. The molecule has 1 aliphatic rings. The quantitative estimate of drug-likeness (QED) is 0.779. The molecule has 6 nitrogen and oxygen atoms in total. The molecule has 0 aliphatic carbocycles. The Morgan fingerprint density at radius 2 is 1.85 bits per heavy atom. The van der Waals surface area contributed by atoms with E-state index in [1.165, 1.54) is 4.31 Å². The maximum Gasteiger partial charge on any atom is 0.220 e. The van der Waals surface area contributed by atoms with Crippen molar-refractivity contribution in [1.82, 2.24) is 4.31 Å². The number of hydrogen-bond acceptors (Lipinski definition) is 4. The SMILES string of the molecule is NC(=O)C1CCN(S(=O)(=O)Cc2ccccc2N)CC1. The first-order valence-corrected chi connectivity index (χ1v) is 8.11. The van der Waals surface area contributed by atoms with Gasteiger partial charge in [0.15, 0.2) is 0 Å². The van der Waals surface area contributed by atoms with Crippen LogP contribution in [0.3, 0.4) is 0 Å². The molecule has 1 saturated heterocycles. The number of sulfonamides is 1. The summed E-state index contributed by atoms with van der Waals surface area (Å²) in [6, 6.07) is 6.93. The van der Waals surface area contributed by atoms with E-state index in [9.17, 15) is 13.2 Å². The summed E-state index contributed by atoms with van der Waals surface area (Å²) < 4.78 is 26.1. The van der Waals surface area contributed by atoms with Crippen molar-refractivity contribution in [3.63, 3.8) is 0 Å². The summed E-state index contributed by atoms with van der Waals surface area (Å²) in [5.74, 6) is -0.682. The zero-order chi connectivity index (χ0) is 14.8. The molecule has 20 heavy (non-hydrogen) atoms. The second-order valence-corrected chi connectivity index (χ2v) is 7.00. The molecule has 7 heteroatoms. The normalized spacial score (nSPS) is 18.0. The van der Waals surface area contributed by atoms with Crippen molar-refractivity contribution in [2.24, 2.45) is 11.7 Å². The van der Waals surface area contributed by atoms with Crippen LogP contribution in [0.5, 0.6) is 0 Å². The van der Waals surface area contributed by atoms with Crippen LogP contribution in [-0.2, 0) is 20.6 Å². The van der Waals surface area contributed by atoms with Gasteiger partial charge in [-0.05, 0) is 24.5 Å². The maximum absolute atomic E-state index is 12.3. The number of nitrogens with two attached hydrogens (primary N) is 2. The molecule has 0 bridgehead atoms. The van der Waals surface area contributed by atoms with Gasteiger partial charge in [-0.2, -0.15) is 0 Å². The van der Waals surface area contributed by atoms with E-state index in [0.29, 0.717) is 37.2 Å². The Morgan fingerprint density at radius 1 is 1.25 bits per heavy atom. The van der Waals surface area contributed by atoms with Crippen LogP contribution >= 0.6 is 0 Å². The summed E-state index contributed by atoms with van der Waals surface area (Å²) >= 11 is 0. The van der Waals surface area contributed by atoms with E-state index in [2.05, 4.69) is 0 Å². The molecule has 1 aromatic carbocycles. The molecule has 110 valence electrons. The summed E-state index contributed by atoms with van der Waals surface area (Å²) in [4.78, 5) is 11.1. The third-order valence-corrected chi connectivity index (χ3v) is 5.47. The zero-order valence-corrected chi connectivity index (χ0v) is 12.0. The lowest BCUT2D eigenvalue weighted by Gasteiger charge is -2.29. The Bertz CT molecular complexity index is 593. The van der Waals surface area contributed by atoms with Crippen LogP contribution in [0.25, 0.3) is 0 Å². The average Bonchev–Trinajstić information content (AvgIpc) is 2.41. The number of primary amides is 1. The van der Waals surface area contributed by atoms with E-state index >= 15 is 0 Å². The van der Waals surface area contributed by atoms with E-state index in [1.807, 2.05) is 0 Å². The number of carbonyl (C=O) groups is 1. The number of hydrogen-bond donors (Lipinski definition) is 2. The average molecular weight is 297 g/mol.